The quantitative estimate of drug-likeness (QED) is 0.146. The van der Waals surface area contributed by atoms with Gasteiger partial charge in [0.25, 0.3) is 0 Å². The van der Waals surface area contributed by atoms with E-state index in [-0.39, 0.29) is 12.1 Å². The van der Waals surface area contributed by atoms with Crippen molar-refractivity contribution >= 4 is 32.1 Å². The standard InChI is InChI=1S/C34H28F2N8O2S/c1-47(45,46)40-18-21-9-24(12-26(35)11-21)27-7-8-39-33-31(27)41-34(42-33)32-28-13-23(14-29(36)30(28)43-44-32)25-10-22(17-38-19-25)16-37-15-20-5-3-2-4-6-20/h2-14,17,19,37,40H,15-16,18H2,1H3,(H,43,44)(H,39,41,42). The van der Waals surface area contributed by atoms with Crippen molar-refractivity contribution in [1.29, 1.82) is 0 Å². The van der Waals surface area contributed by atoms with Gasteiger partial charge in [-0.1, -0.05) is 30.3 Å². The van der Waals surface area contributed by atoms with E-state index in [0.29, 0.717) is 63.4 Å². The third-order valence-electron chi connectivity index (χ3n) is 7.68. The molecule has 0 atom stereocenters. The molecular formula is C34H28F2N8O2S. The Morgan fingerprint density at radius 3 is 2.47 bits per heavy atom. The average molecular weight is 651 g/mol. The summed E-state index contributed by atoms with van der Waals surface area (Å²) in [4.78, 5) is 16.7. The molecule has 0 aliphatic carbocycles. The van der Waals surface area contributed by atoms with Crippen molar-refractivity contribution in [1.82, 2.24) is 40.2 Å². The highest BCUT2D eigenvalue weighted by atomic mass is 32.2. The highest BCUT2D eigenvalue weighted by Gasteiger charge is 2.19. The third kappa shape index (κ3) is 6.63. The lowest BCUT2D eigenvalue weighted by molar-refractivity contribution is 0.586. The number of hydrogen-bond donors (Lipinski definition) is 4. The molecule has 0 bridgehead atoms. The Kier molecular flexibility index (Phi) is 8.02. The molecule has 0 fully saturated rings. The van der Waals surface area contributed by atoms with Crippen molar-refractivity contribution in [2.45, 2.75) is 19.6 Å². The van der Waals surface area contributed by atoms with E-state index in [9.17, 15) is 12.8 Å². The smallest absolute Gasteiger partial charge is 0.209 e. The lowest BCUT2D eigenvalue weighted by Crippen LogP contribution is -2.21. The van der Waals surface area contributed by atoms with Gasteiger partial charge in [-0.05, 0) is 70.3 Å². The molecule has 0 aliphatic heterocycles. The minimum absolute atomic E-state index is 0.0668. The number of H-pyrrole nitrogens is 2. The minimum atomic E-state index is -3.47. The fraction of sp³-hybridized carbons (Fsp3) is 0.118. The Bertz CT molecular complexity index is 2360. The van der Waals surface area contributed by atoms with Crippen LogP contribution in [-0.2, 0) is 29.7 Å². The topological polar surface area (TPSA) is 141 Å². The average Bonchev–Trinajstić information content (AvgIpc) is 3.69. The maximum absolute atomic E-state index is 15.4. The molecule has 10 nitrogen and oxygen atoms in total. The number of rotatable bonds is 10. The van der Waals surface area contributed by atoms with Gasteiger partial charge in [-0.15, -0.1) is 0 Å². The van der Waals surface area contributed by atoms with Gasteiger partial charge < -0.3 is 10.3 Å². The van der Waals surface area contributed by atoms with Gasteiger partial charge in [0.05, 0.1) is 11.8 Å². The lowest BCUT2D eigenvalue weighted by Gasteiger charge is -2.08. The fourth-order valence-electron chi connectivity index (χ4n) is 5.50. The van der Waals surface area contributed by atoms with Crippen LogP contribution in [0.4, 0.5) is 8.78 Å². The van der Waals surface area contributed by atoms with Crippen molar-refractivity contribution in [3.63, 3.8) is 0 Å². The molecule has 7 rings (SSSR count). The fourth-order valence-corrected chi connectivity index (χ4v) is 5.93. The molecule has 0 saturated heterocycles. The number of fused-ring (bicyclic) bond motifs is 2. The first-order chi connectivity index (χ1) is 22.7. The summed E-state index contributed by atoms with van der Waals surface area (Å²) >= 11 is 0. The summed E-state index contributed by atoms with van der Waals surface area (Å²) in [6, 6.07) is 21.4. The number of aromatic nitrogens is 6. The Hall–Kier alpha value is -5.37. The molecule has 0 saturated carbocycles. The highest BCUT2D eigenvalue weighted by molar-refractivity contribution is 7.88. The van der Waals surface area contributed by atoms with Crippen LogP contribution in [0.5, 0.6) is 0 Å². The van der Waals surface area contributed by atoms with Gasteiger partial charge >= 0.3 is 0 Å². The monoisotopic (exact) mass is 650 g/mol. The van der Waals surface area contributed by atoms with E-state index in [0.717, 1.165) is 17.4 Å². The third-order valence-corrected chi connectivity index (χ3v) is 8.35. The maximum Gasteiger partial charge on any atom is 0.209 e. The van der Waals surface area contributed by atoms with E-state index in [1.54, 1.807) is 30.7 Å². The first kappa shape index (κ1) is 30.3. The van der Waals surface area contributed by atoms with Crippen LogP contribution < -0.4 is 10.0 Å². The zero-order chi connectivity index (χ0) is 32.5. The highest BCUT2D eigenvalue weighted by Crippen LogP contribution is 2.34. The number of nitrogens with zero attached hydrogens (tertiary/aromatic N) is 4. The molecule has 4 aromatic heterocycles. The van der Waals surface area contributed by atoms with Gasteiger partial charge in [-0.3, -0.25) is 10.1 Å². The zero-order valence-electron chi connectivity index (χ0n) is 25.1. The van der Waals surface area contributed by atoms with Crippen LogP contribution in [-0.4, -0.2) is 44.8 Å². The molecule has 0 unspecified atom stereocenters. The number of pyridine rings is 2. The summed E-state index contributed by atoms with van der Waals surface area (Å²) in [5.41, 5.74) is 6.55. The minimum Gasteiger partial charge on any atom is -0.335 e. The molecular weight excluding hydrogens is 622 g/mol. The van der Waals surface area contributed by atoms with Gasteiger partial charge in [-0.2, -0.15) is 5.10 Å². The molecule has 0 amide bonds. The van der Waals surface area contributed by atoms with Crippen LogP contribution in [0.2, 0.25) is 0 Å². The number of hydrogen-bond acceptors (Lipinski definition) is 7. The molecule has 47 heavy (non-hydrogen) atoms. The van der Waals surface area contributed by atoms with Crippen molar-refractivity contribution in [2.75, 3.05) is 6.26 Å². The summed E-state index contributed by atoms with van der Waals surface area (Å²) in [7, 11) is -3.47. The van der Waals surface area contributed by atoms with E-state index in [2.05, 4.69) is 52.3 Å². The molecule has 3 aromatic carbocycles. The van der Waals surface area contributed by atoms with Crippen LogP contribution in [0.3, 0.4) is 0 Å². The van der Waals surface area contributed by atoms with Crippen molar-refractivity contribution < 1.29 is 17.2 Å². The van der Waals surface area contributed by atoms with Crippen molar-refractivity contribution in [2.24, 2.45) is 0 Å². The van der Waals surface area contributed by atoms with Gasteiger partial charge in [0, 0.05) is 54.7 Å². The number of imidazole rings is 1. The van der Waals surface area contributed by atoms with Gasteiger partial charge in [-0.25, -0.2) is 31.9 Å². The number of halogens is 2. The van der Waals surface area contributed by atoms with Crippen molar-refractivity contribution in [3.8, 4) is 33.8 Å². The Balaban J connectivity index is 1.21. The van der Waals surface area contributed by atoms with Crippen LogP contribution in [0.15, 0.2) is 91.4 Å². The number of aromatic amines is 2. The molecule has 4 N–H and O–H groups in total. The summed E-state index contributed by atoms with van der Waals surface area (Å²) in [5, 5.41) is 11.1. The van der Waals surface area contributed by atoms with E-state index in [1.165, 1.54) is 23.8 Å². The van der Waals surface area contributed by atoms with Crippen LogP contribution in [0, 0.1) is 11.6 Å². The number of benzene rings is 3. The molecule has 0 spiro atoms. The molecule has 7 aromatic rings. The largest absolute Gasteiger partial charge is 0.335 e. The zero-order valence-corrected chi connectivity index (χ0v) is 25.9. The van der Waals surface area contributed by atoms with E-state index in [1.807, 2.05) is 30.3 Å². The van der Waals surface area contributed by atoms with E-state index in [4.69, 9.17) is 0 Å². The number of sulfonamides is 1. The van der Waals surface area contributed by atoms with Gasteiger partial charge in [0.15, 0.2) is 17.3 Å². The molecule has 236 valence electrons. The first-order valence-electron chi connectivity index (χ1n) is 14.7. The second-order valence-corrected chi connectivity index (χ2v) is 13.0. The summed E-state index contributed by atoms with van der Waals surface area (Å²) in [5.74, 6) is -0.658. The Morgan fingerprint density at radius 2 is 1.64 bits per heavy atom. The maximum atomic E-state index is 15.4. The van der Waals surface area contributed by atoms with Crippen LogP contribution >= 0.6 is 0 Å². The summed E-state index contributed by atoms with van der Waals surface area (Å²) < 4.78 is 55.6. The van der Waals surface area contributed by atoms with Crippen LogP contribution in [0.1, 0.15) is 16.7 Å². The summed E-state index contributed by atoms with van der Waals surface area (Å²) in [6.07, 6.45) is 6.07. The Morgan fingerprint density at radius 1 is 0.830 bits per heavy atom. The normalized spacial score (nSPS) is 11.9. The van der Waals surface area contributed by atoms with Gasteiger partial charge in [0.2, 0.25) is 10.0 Å². The van der Waals surface area contributed by atoms with Crippen LogP contribution in [0.25, 0.3) is 55.8 Å². The Labute approximate surface area is 268 Å². The molecule has 0 radical (unpaired) electrons. The first-order valence-corrected chi connectivity index (χ1v) is 16.6. The van der Waals surface area contributed by atoms with Crippen molar-refractivity contribution in [3.05, 3.63) is 120 Å². The second-order valence-electron chi connectivity index (χ2n) is 11.2. The lowest BCUT2D eigenvalue weighted by atomic mass is 10.0. The molecule has 13 heteroatoms. The predicted molar refractivity (Wildman–Crippen MR) is 176 cm³/mol. The molecule has 4 heterocycles. The van der Waals surface area contributed by atoms with E-state index >= 15 is 4.39 Å². The number of nitrogens with one attached hydrogen (secondary N) is 4. The SMILES string of the molecule is CS(=O)(=O)NCc1cc(F)cc(-c2ccnc3nc(-c4[nH]nc5c(F)cc(-c6cncc(CNCc7ccccc7)c6)cc45)[nH]c23)c1. The second kappa shape index (κ2) is 12.4. The van der Waals surface area contributed by atoms with Gasteiger partial charge in [0.1, 0.15) is 17.0 Å². The summed E-state index contributed by atoms with van der Waals surface area (Å²) in [6.45, 7) is 1.23. The molecule has 0 aliphatic rings. The predicted octanol–water partition coefficient (Wildman–Crippen LogP) is 5.85. The van der Waals surface area contributed by atoms with E-state index < -0.39 is 21.7 Å².